The monoisotopic (exact) mass is 364 g/mol. The lowest BCUT2D eigenvalue weighted by molar-refractivity contribution is 0.415. The molecule has 1 aliphatic heterocycles. The van der Waals surface area contributed by atoms with E-state index in [9.17, 15) is 12.8 Å². The summed E-state index contributed by atoms with van der Waals surface area (Å²) in [6, 6.07) is 12.7. The Morgan fingerprint density at radius 2 is 1.84 bits per heavy atom. The molecular weight excluding hydrogens is 343 g/mol. The van der Waals surface area contributed by atoms with Crippen molar-refractivity contribution in [2.75, 3.05) is 31.6 Å². The molecule has 2 aromatic carbocycles. The number of sulfonamides is 1. The van der Waals surface area contributed by atoms with Crippen LogP contribution in [0.5, 0.6) is 5.75 Å². The van der Waals surface area contributed by atoms with Crippen molar-refractivity contribution in [1.29, 1.82) is 0 Å². The van der Waals surface area contributed by atoms with E-state index in [1.165, 1.54) is 12.1 Å². The predicted octanol–water partition coefficient (Wildman–Crippen LogP) is 2.64. The van der Waals surface area contributed by atoms with Crippen LogP contribution in [0, 0.1) is 11.7 Å². The average Bonchev–Trinajstić information content (AvgIpc) is 3.10. The second-order valence-corrected chi connectivity index (χ2v) is 7.87. The minimum absolute atomic E-state index is 0.0823. The highest BCUT2D eigenvalue weighted by molar-refractivity contribution is 7.89. The fourth-order valence-corrected chi connectivity index (χ4v) is 4.07. The number of anilines is 1. The third-order valence-electron chi connectivity index (χ3n) is 4.41. The van der Waals surface area contributed by atoms with Gasteiger partial charge in [-0.2, -0.15) is 0 Å². The standard InChI is InChI=1S/C18H21FN2O3S/c1-24-17-6-4-16(5-7-17)21-11-10-14(13-21)12-20-25(22,23)18-8-2-15(19)3-9-18/h2-9,14,20H,10-13H2,1H3. The van der Waals surface area contributed by atoms with E-state index in [1.807, 2.05) is 24.3 Å². The van der Waals surface area contributed by atoms with E-state index >= 15 is 0 Å². The molecule has 1 saturated heterocycles. The Balaban J connectivity index is 1.56. The number of hydrogen-bond donors (Lipinski definition) is 1. The van der Waals surface area contributed by atoms with Gasteiger partial charge in [0.25, 0.3) is 0 Å². The molecule has 0 saturated carbocycles. The summed E-state index contributed by atoms with van der Waals surface area (Å²) < 4.78 is 45.2. The summed E-state index contributed by atoms with van der Waals surface area (Å²) >= 11 is 0. The summed E-state index contributed by atoms with van der Waals surface area (Å²) in [5, 5.41) is 0. The Morgan fingerprint density at radius 1 is 1.16 bits per heavy atom. The van der Waals surface area contributed by atoms with Gasteiger partial charge in [0.1, 0.15) is 11.6 Å². The molecule has 1 aliphatic rings. The molecule has 2 aromatic rings. The summed E-state index contributed by atoms with van der Waals surface area (Å²) in [6.07, 6.45) is 0.915. The van der Waals surface area contributed by atoms with Gasteiger partial charge in [-0.05, 0) is 60.9 Å². The zero-order chi connectivity index (χ0) is 17.9. The van der Waals surface area contributed by atoms with E-state index in [-0.39, 0.29) is 10.8 Å². The van der Waals surface area contributed by atoms with Gasteiger partial charge in [-0.15, -0.1) is 0 Å². The van der Waals surface area contributed by atoms with E-state index in [0.29, 0.717) is 6.54 Å². The van der Waals surface area contributed by atoms with Crippen molar-refractivity contribution in [2.24, 2.45) is 5.92 Å². The summed E-state index contributed by atoms with van der Waals surface area (Å²) in [5.41, 5.74) is 1.10. The summed E-state index contributed by atoms with van der Waals surface area (Å²) in [6.45, 7) is 2.04. The highest BCUT2D eigenvalue weighted by Crippen LogP contribution is 2.25. The first-order valence-corrected chi connectivity index (χ1v) is 9.60. The first-order chi connectivity index (χ1) is 12.0. The molecule has 3 rings (SSSR count). The maximum Gasteiger partial charge on any atom is 0.240 e. The zero-order valence-corrected chi connectivity index (χ0v) is 14.8. The van der Waals surface area contributed by atoms with Gasteiger partial charge in [-0.1, -0.05) is 0 Å². The Hall–Kier alpha value is -2.12. The van der Waals surface area contributed by atoms with Crippen LogP contribution in [0.4, 0.5) is 10.1 Å². The van der Waals surface area contributed by atoms with Crippen molar-refractivity contribution < 1.29 is 17.5 Å². The molecule has 134 valence electrons. The summed E-state index contributed by atoms with van der Waals surface area (Å²) in [4.78, 5) is 2.31. The molecule has 1 fully saturated rings. The van der Waals surface area contributed by atoms with E-state index < -0.39 is 15.8 Å². The first-order valence-electron chi connectivity index (χ1n) is 8.12. The molecular formula is C18H21FN2O3S. The van der Waals surface area contributed by atoms with E-state index in [0.717, 1.165) is 43.1 Å². The second kappa shape index (κ2) is 7.41. The van der Waals surface area contributed by atoms with Gasteiger partial charge in [0.15, 0.2) is 0 Å². The van der Waals surface area contributed by atoms with Crippen LogP contribution in [0.3, 0.4) is 0 Å². The lowest BCUT2D eigenvalue weighted by Gasteiger charge is -2.19. The molecule has 0 bridgehead atoms. The first kappa shape index (κ1) is 17.7. The summed E-state index contributed by atoms with van der Waals surface area (Å²) in [5.74, 6) is 0.591. The Bertz CT molecular complexity index is 807. The molecule has 25 heavy (non-hydrogen) atoms. The van der Waals surface area contributed by atoms with Crippen LogP contribution in [-0.2, 0) is 10.0 Å². The van der Waals surface area contributed by atoms with Crippen molar-refractivity contribution >= 4 is 15.7 Å². The number of ether oxygens (including phenoxy) is 1. The van der Waals surface area contributed by atoms with Crippen LogP contribution in [-0.4, -0.2) is 35.2 Å². The molecule has 0 radical (unpaired) electrons. The number of nitrogens with zero attached hydrogens (tertiary/aromatic N) is 1. The fraction of sp³-hybridized carbons (Fsp3) is 0.333. The normalized spacial score (nSPS) is 17.7. The fourth-order valence-electron chi connectivity index (χ4n) is 2.95. The molecule has 1 atom stereocenters. The third kappa shape index (κ3) is 4.29. The lowest BCUT2D eigenvalue weighted by atomic mass is 10.1. The Labute approximate surface area is 147 Å². The van der Waals surface area contributed by atoms with Crippen molar-refractivity contribution in [3.8, 4) is 5.75 Å². The van der Waals surface area contributed by atoms with Crippen LogP contribution in [0.1, 0.15) is 6.42 Å². The molecule has 0 aliphatic carbocycles. The third-order valence-corrected chi connectivity index (χ3v) is 5.85. The van der Waals surface area contributed by atoms with Gasteiger partial charge in [-0.3, -0.25) is 0 Å². The van der Waals surface area contributed by atoms with E-state index in [4.69, 9.17) is 4.74 Å². The number of nitrogens with one attached hydrogen (secondary N) is 1. The molecule has 5 nitrogen and oxygen atoms in total. The highest BCUT2D eigenvalue weighted by Gasteiger charge is 2.24. The molecule has 1 unspecified atom stereocenters. The molecule has 1 heterocycles. The van der Waals surface area contributed by atoms with Crippen LogP contribution >= 0.6 is 0 Å². The van der Waals surface area contributed by atoms with Gasteiger partial charge in [0.05, 0.1) is 12.0 Å². The van der Waals surface area contributed by atoms with Crippen molar-refractivity contribution in [1.82, 2.24) is 4.72 Å². The maximum absolute atomic E-state index is 12.9. The lowest BCUT2D eigenvalue weighted by Crippen LogP contribution is -2.31. The number of halogens is 1. The highest BCUT2D eigenvalue weighted by atomic mass is 32.2. The Morgan fingerprint density at radius 3 is 2.48 bits per heavy atom. The number of methoxy groups -OCH3 is 1. The predicted molar refractivity (Wildman–Crippen MR) is 94.9 cm³/mol. The minimum atomic E-state index is -3.61. The van der Waals surface area contributed by atoms with Crippen LogP contribution < -0.4 is 14.4 Å². The second-order valence-electron chi connectivity index (χ2n) is 6.10. The maximum atomic E-state index is 12.9. The minimum Gasteiger partial charge on any atom is -0.497 e. The zero-order valence-electron chi connectivity index (χ0n) is 14.0. The number of hydrogen-bond acceptors (Lipinski definition) is 4. The van der Waals surface area contributed by atoms with Gasteiger partial charge in [-0.25, -0.2) is 17.5 Å². The van der Waals surface area contributed by atoms with Crippen molar-refractivity contribution in [3.63, 3.8) is 0 Å². The average molecular weight is 364 g/mol. The molecule has 0 amide bonds. The van der Waals surface area contributed by atoms with Gasteiger partial charge in [0.2, 0.25) is 10.0 Å². The van der Waals surface area contributed by atoms with Gasteiger partial charge >= 0.3 is 0 Å². The molecule has 1 N–H and O–H groups in total. The molecule has 0 spiro atoms. The van der Waals surface area contributed by atoms with Crippen LogP contribution in [0.25, 0.3) is 0 Å². The molecule has 0 aromatic heterocycles. The van der Waals surface area contributed by atoms with E-state index in [1.54, 1.807) is 7.11 Å². The largest absolute Gasteiger partial charge is 0.497 e. The van der Waals surface area contributed by atoms with E-state index in [2.05, 4.69) is 9.62 Å². The van der Waals surface area contributed by atoms with Crippen LogP contribution in [0.15, 0.2) is 53.4 Å². The SMILES string of the molecule is COc1ccc(N2CCC(CNS(=O)(=O)c3ccc(F)cc3)C2)cc1. The van der Waals surface area contributed by atoms with Crippen molar-refractivity contribution in [3.05, 3.63) is 54.3 Å². The Kier molecular flexibility index (Phi) is 5.24. The van der Waals surface area contributed by atoms with Crippen molar-refractivity contribution in [2.45, 2.75) is 11.3 Å². The summed E-state index contributed by atoms with van der Waals surface area (Å²) in [7, 11) is -1.97. The van der Waals surface area contributed by atoms with Gasteiger partial charge in [0, 0.05) is 25.3 Å². The van der Waals surface area contributed by atoms with Crippen LogP contribution in [0.2, 0.25) is 0 Å². The number of rotatable bonds is 6. The van der Waals surface area contributed by atoms with Gasteiger partial charge < -0.3 is 9.64 Å². The number of benzene rings is 2. The smallest absolute Gasteiger partial charge is 0.240 e. The molecule has 7 heteroatoms. The topological polar surface area (TPSA) is 58.6 Å². The quantitative estimate of drug-likeness (QED) is 0.856.